The van der Waals surface area contributed by atoms with Crippen LogP contribution in [0.5, 0.6) is 5.75 Å². The van der Waals surface area contributed by atoms with Gasteiger partial charge in [0, 0.05) is 10.5 Å². The van der Waals surface area contributed by atoms with Crippen LogP contribution in [-0.4, -0.2) is 15.6 Å². The number of oxime groups is 1. The van der Waals surface area contributed by atoms with E-state index < -0.39 is 15.5 Å². The minimum Gasteiger partial charge on any atom is -0.350 e. The van der Waals surface area contributed by atoms with Crippen LogP contribution in [-0.2, 0) is 6.42 Å². The van der Waals surface area contributed by atoms with Crippen LogP contribution < -0.4 is 4.84 Å². The van der Waals surface area contributed by atoms with Crippen LogP contribution in [0.3, 0.4) is 0 Å². The van der Waals surface area contributed by atoms with E-state index in [0.717, 1.165) is 28.6 Å². The quantitative estimate of drug-likeness (QED) is 0.376. The highest BCUT2D eigenvalue weighted by molar-refractivity contribution is 9.10. The monoisotopic (exact) mass is 407 g/mol. The summed E-state index contributed by atoms with van der Waals surface area (Å²) in [6.07, 6.45) is 1.34. The van der Waals surface area contributed by atoms with Crippen molar-refractivity contribution < 1.29 is 14.7 Å². The molecule has 0 saturated heterocycles. The number of non-ortho nitro benzene ring substituents is 1. The van der Waals surface area contributed by atoms with E-state index in [4.69, 9.17) is 4.84 Å². The molecule has 2 aromatic carbocycles. The van der Waals surface area contributed by atoms with Crippen LogP contribution in [0.4, 0.5) is 11.4 Å². The number of rotatable bonds is 7. The Morgan fingerprint density at radius 2 is 1.92 bits per heavy atom. The van der Waals surface area contributed by atoms with Gasteiger partial charge in [-0.3, -0.25) is 20.2 Å². The molecule has 0 N–H and O–H groups in total. The molecule has 0 heterocycles. The highest BCUT2D eigenvalue weighted by atomic mass is 79.9. The predicted molar refractivity (Wildman–Crippen MR) is 96.0 cm³/mol. The smallest absolute Gasteiger partial charge is 0.321 e. The lowest BCUT2D eigenvalue weighted by Crippen LogP contribution is -2.00. The molecule has 0 unspecified atom stereocenters. The van der Waals surface area contributed by atoms with Crippen LogP contribution in [0.15, 0.2) is 52.1 Å². The second kappa shape index (κ2) is 8.34. The maximum Gasteiger partial charge on any atom is 0.321 e. The summed E-state index contributed by atoms with van der Waals surface area (Å²) >= 11 is 3.40. The summed E-state index contributed by atoms with van der Waals surface area (Å²) in [4.78, 5) is 25.4. The average molecular weight is 408 g/mol. The van der Waals surface area contributed by atoms with E-state index in [-0.39, 0.29) is 11.4 Å². The van der Waals surface area contributed by atoms with Gasteiger partial charge in [0.05, 0.1) is 21.6 Å². The number of nitro groups is 2. The number of halogens is 1. The lowest BCUT2D eigenvalue weighted by molar-refractivity contribution is -0.394. The third kappa shape index (κ3) is 5.35. The maximum atomic E-state index is 11.0. The zero-order valence-electron chi connectivity index (χ0n) is 13.2. The second-order valence-electron chi connectivity index (χ2n) is 5.21. The van der Waals surface area contributed by atoms with Crippen molar-refractivity contribution in [3.8, 4) is 5.75 Å². The molecule has 25 heavy (non-hydrogen) atoms. The fourth-order valence-corrected chi connectivity index (χ4v) is 2.48. The van der Waals surface area contributed by atoms with Crippen molar-refractivity contribution in [2.45, 2.75) is 19.8 Å². The summed E-state index contributed by atoms with van der Waals surface area (Å²) < 4.78 is 0.984. The van der Waals surface area contributed by atoms with Gasteiger partial charge in [-0.2, -0.15) is 0 Å². The van der Waals surface area contributed by atoms with Gasteiger partial charge in [-0.15, -0.1) is 0 Å². The first-order valence-corrected chi connectivity index (χ1v) is 8.04. The van der Waals surface area contributed by atoms with Crippen LogP contribution in [0, 0.1) is 20.2 Å². The molecule has 0 aliphatic rings. The Bertz CT molecular complexity index is 838. The molecule has 0 aliphatic carbocycles. The van der Waals surface area contributed by atoms with Crippen molar-refractivity contribution in [3.05, 3.63) is 72.7 Å². The van der Waals surface area contributed by atoms with Gasteiger partial charge >= 0.3 is 5.69 Å². The largest absolute Gasteiger partial charge is 0.350 e. The van der Waals surface area contributed by atoms with Gasteiger partial charge in [-0.05, 0) is 43.5 Å². The van der Waals surface area contributed by atoms with E-state index in [2.05, 4.69) is 21.1 Å². The fourth-order valence-electron chi connectivity index (χ4n) is 2.03. The molecule has 0 amide bonds. The molecule has 0 aliphatic heterocycles. The molecule has 0 fully saturated rings. The van der Waals surface area contributed by atoms with Gasteiger partial charge in [0.1, 0.15) is 0 Å². The van der Waals surface area contributed by atoms with E-state index >= 15 is 0 Å². The number of nitrogens with zero attached hydrogens (tertiary/aromatic N) is 3. The standard InChI is InChI=1S/C16H14BrN3O5/c1-11(5-6-12-3-2-4-13(17)9-12)18-25-16-8-7-14(19(21)22)10-15(16)20(23)24/h2-4,7-10H,5-6H2,1H3/b18-11+. The van der Waals surface area contributed by atoms with E-state index in [1.807, 2.05) is 24.3 Å². The van der Waals surface area contributed by atoms with Gasteiger partial charge < -0.3 is 4.84 Å². The Morgan fingerprint density at radius 1 is 1.16 bits per heavy atom. The van der Waals surface area contributed by atoms with Crippen LogP contribution >= 0.6 is 15.9 Å². The summed E-state index contributed by atoms with van der Waals surface area (Å²) in [5.41, 5.74) is 0.880. The molecular weight excluding hydrogens is 394 g/mol. The van der Waals surface area contributed by atoms with Crippen molar-refractivity contribution in [1.82, 2.24) is 0 Å². The molecule has 8 nitrogen and oxygen atoms in total. The fraction of sp³-hybridized carbons (Fsp3) is 0.188. The Labute approximate surface area is 151 Å². The summed E-state index contributed by atoms with van der Waals surface area (Å²) in [5.74, 6) is -0.141. The topological polar surface area (TPSA) is 108 Å². The normalized spacial score (nSPS) is 11.2. The number of hydrogen-bond donors (Lipinski definition) is 0. The number of hydrogen-bond acceptors (Lipinski definition) is 6. The molecule has 0 saturated carbocycles. The molecule has 0 atom stereocenters. The van der Waals surface area contributed by atoms with Crippen LogP contribution in [0.25, 0.3) is 0 Å². The first-order valence-electron chi connectivity index (χ1n) is 7.24. The number of nitro benzene ring substituents is 2. The number of aryl methyl sites for hydroxylation is 1. The van der Waals surface area contributed by atoms with E-state index in [9.17, 15) is 20.2 Å². The van der Waals surface area contributed by atoms with Crippen LogP contribution in [0.1, 0.15) is 18.9 Å². The van der Waals surface area contributed by atoms with Crippen molar-refractivity contribution in [1.29, 1.82) is 0 Å². The van der Waals surface area contributed by atoms with E-state index in [1.54, 1.807) is 6.92 Å². The molecule has 0 aromatic heterocycles. The van der Waals surface area contributed by atoms with Gasteiger partial charge in [0.2, 0.25) is 5.75 Å². The van der Waals surface area contributed by atoms with Crippen molar-refractivity contribution in [3.63, 3.8) is 0 Å². The highest BCUT2D eigenvalue weighted by Crippen LogP contribution is 2.31. The van der Waals surface area contributed by atoms with Gasteiger partial charge in [0.15, 0.2) is 0 Å². The lowest BCUT2D eigenvalue weighted by atomic mass is 10.1. The summed E-state index contributed by atoms with van der Waals surface area (Å²) in [7, 11) is 0. The maximum absolute atomic E-state index is 11.0. The van der Waals surface area contributed by atoms with Crippen molar-refractivity contribution in [2.75, 3.05) is 0 Å². The third-order valence-electron chi connectivity index (χ3n) is 3.31. The Morgan fingerprint density at radius 3 is 2.56 bits per heavy atom. The molecule has 2 aromatic rings. The zero-order chi connectivity index (χ0) is 18.4. The Kier molecular flexibility index (Phi) is 6.18. The summed E-state index contributed by atoms with van der Waals surface area (Å²) in [5, 5.41) is 25.6. The molecular formula is C16H14BrN3O5. The third-order valence-corrected chi connectivity index (χ3v) is 3.81. The minimum atomic E-state index is -0.741. The first-order chi connectivity index (χ1) is 11.9. The number of benzene rings is 2. The van der Waals surface area contributed by atoms with Crippen LogP contribution in [0.2, 0.25) is 0 Å². The predicted octanol–water partition coefficient (Wildman–Crippen LogP) is 4.65. The first kappa shape index (κ1) is 18.5. The molecule has 0 spiro atoms. The molecule has 0 bridgehead atoms. The summed E-state index contributed by atoms with van der Waals surface area (Å²) in [6.45, 7) is 1.75. The molecule has 130 valence electrons. The van der Waals surface area contributed by atoms with Gasteiger partial charge in [-0.25, -0.2) is 0 Å². The summed E-state index contributed by atoms with van der Waals surface area (Å²) in [6, 6.07) is 11.0. The van der Waals surface area contributed by atoms with Gasteiger partial charge in [-0.1, -0.05) is 33.2 Å². The lowest BCUT2D eigenvalue weighted by Gasteiger charge is -2.04. The van der Waals surface area contributed by atoms with Gasteiger partial charge in [0.25, 0.3) is 5.69 Å². The Hall–Kier alpha value is -2.81. The van der Waals surface area contributed by atoms with E-state index in [0.29, 0.717) is 12.1 Å². The highest BCUT2D eigenvalue weighted by Gasteiger charge is 2.21. The van der Waals surface area contributed by atoms with E-state index in [1.165, 1.54) is 6.07 Å². The SMILES string of the molecule is C/C(CCc1cccc(Br)c1)=N\Oc1ccc([N+](=O)[O-])cc1[N+](=O)[O-]. The average Bonchev–Trinajstić information content (AvgIpc) is 2.57. The molecule has 2 rings (SSSR count). The van der Waals surface area contributed by atoms with Crippen molar-refractivity contribution >= 4 is 33.0 Å². The molecule has 0 radical (unpaired) electrons. The zero-order valence-corrected chi connectivity index (χ0v) is 14.8. The van der Waals surface area contributed by atoms with Crippen molar-refractivity contribution in [2.24, 2.45) is 5.16 Å². The second-order valence-corrected chi connectivity index (χ2v) is 6.13. The Balaban J connectivity index is 2.07. The molecule has 9 heteroatoms. The minimum absolute atomic E-state index is 0.141.